The molecular formula is C13H15N3O. The van der Waals surface area contributed by atoms with Gasteiger partial charge in [-0.25, -0.2) is 9.97 Å². The molecule has 0 aliphatic rings. The summed E-state index contributed by atoms with van der Waals surface area (Å²) >= 11 is 0. The Kier molecular flexibility index (Phi) is 3.44. The third kappa shape index (κ3) is 2.85. The van der Waals surface area contributed by atoms with Crippen LogP contribution in [0.1, 0.15) is 35.8 Å². The lowest BCUT2D eigenvalue weighted by Gasteiger charge is -2.08. The zero-order chi connectivity index (χ0) is 12.3. The topological polar surface area (TPSA) is 58.9 Å². The molecule has 0 saturated heterocycles. The molecule has 0 saturated carbocycles. The number of aryl methyl sites for hydroxylation is 1. The van der Waals surface area contributed by atoms with Gasteiger partial charge in [0.15, 0.2) is 0 Å². The molecule has 2 rings (SSSR count). The third-order valence-corrected chi connectivity index (χ3v) is 2.58. The summed E-state index contributed by atoms with van der Waals surface area (Å²) in [7, 11) is 0. The highest BCUT2D eigenvalue weighted by Gasteiger charge is 2.08. The molecule has 1 atom stereocenters. The van der Waals surface area contributed by atoms with Crippen LogP contribution in [0.2, 0.25) is 0 Å². The summed E-state index contributed by atoms with van der Waals surface area (Å²) in [4.78, 5) is 12.9. The number of hydrogen-bond donors (Lipinski definition) is 1. The van der Waals surface area contributed by atoms with Crippen LogP contribution in [0.5, 0.6) is 0 Å². The van der Waals surface area contributed by atoms with Crippen molar-refractivity contribution < 1.29 is 5.11 Å². The van der Waals surface area contributed by atoms with Crippen LogP contribution in [0.25, 0.3) is 0 Å². The van der Waals surface area contributed by atoms with E-state index < -0.39 is 6.10 Å². The molecule has 88 valence electrons. The Labute approximate surface area is 100 Å². The number of aliphatic hydroxyl groups excluding tert-OH is 1. The van der Waals surface area contributed by atoms with E-state index in [0.29, 0.717) is 6.42 Å². The van der Waals surface area contributed by atoms with Gasteiger partial charge in [-0.15, -0.1) is 0 Å². The van der Waals surface area contributed by atoms with Gasteiger partial charge >= 0.3 is 0 Å². The van der Waals surface area contributed by atoms with Crippen LogP contribution < -0.4 is 0 Å². The maximum atomic E-state index is 9.49. The van der Waals surface area contributed by atoms with E-state index in [2.05, 4.69) is 15.0 Å². The molecule has 2 aromatic heterocycles. The van der Waals surface area contributed by atoms with Gasteiger partial charge in [-0.3, -0.25) is 4.98 Å². The first kappa shape index (κ1) is 11.7. The largest absolute Gasteiger partial charge is 0.389 e. The van der Waals surface area contributed by atoms with Crippen LogP contribution in [-0.4, -0.2) is 20.1 Å². The Morgan fingerprint density at radius 2 is 2.12 bits per heavy atom. The van der Waals surface area contributed by atoms with Crippen molar-refractivity contribution in [1.82, 2.24) is 15.0 Å². The van der Waals surface area contributed by atoms with Gasteiger partial charge in [0.2, 0.25) is 0 Å². The van der Waals surface area contributed by atoms with Crippen LogP contribution in [-0.2, 0) is 6.42 Å². The summed E-state index contributed by atoms with van der Waals surface area (Å²) in [5.41, 5.74) is 2.53. The van der Waals surface area contributed by atoms with Crippen molar-refractivity contribution in [2.24, 2.45) is 0 Å². The SMILES string of the molecule is Cc1nc(Cc2ccccn2)ncc1[C@H](C)O. The molecule has 4 nitrogen and oxygen atoms in total. The molecule has 2 aromatic rings. The summed E-state index contributed by atoms with van der Waals surface area (Å²) in [6, 6.07) is 5.77. The average Bonchev–Trinajstić information content (AvgIpc) is 2.30. The smallest absolute Gasteiger partial charge is 0.134 e. The molecule has 17 heavy (non-hydrogen) atoms. The maximum absolute atomic E-state index is 9.49. The van der Waals surface area contributed by atoms with Crippen molar-refractivity contribution in [2.75, 3.05) is 0 Å². The van der Waals surface area contributed by atoms with Crippen molar-refractivity contribution >= 4 is 0 Å². The highest BCUT2D eigenvalue weighted by molar-refractivity contribution is 5.20. The summed E-state index contributed by atoms with van der Waals surface area (Å²) in [5.74, 6) is 0.727. The van der Waals surface area contributed by atoms with Crippen molar-refractivity contribution in [2.45, 2.75) is 26.4 Å². The van der Waals surface area contributed by atoms with Crippen molar-refractivity contribution in [3.8, 4) is 0 Å². The predicted molar refractivity (Wildman–Crippen MR) is 64.4 cm³/mol. The fraction of sp³-hybridized carbons (Fsp3) is 0.308. The van der Waals surface area contributed by atoms with E-state index in [1.165, 1.54) is 0 Å². The fourth-order valence-corrected chi connectivity index (χ4v) is 1.68. The normalized spacial score (nSPS) is 12.4. The molecule has 0 aromatic carbocycles. The predicted octanol–water partition coefficient (Wildman–Crippen LogP) is 1.82. The highest BCUT2D eigenvalue weighted by atomic mass is 16.3. The van der Waals surface area contributed by atoms with Crippen LogP contribution in [0.3, 0.4) is 0 Å². The second-order valence-electron chi connectivity index (χ2n) is 4.00. The van der Waals surface area contributed by atoms with E-state index in [9.17, 15) is 5.11 Å². The maximum Gasteiger partial charge on any atom is 0.134 e. The number of hydrogen-bond acceptors (Lipinski definition) is 4. The highest BCUT2D eigenvalue weighted by Crippen LogP contribution is 2.14. The monoisotopic (exact) mass is 229 g/mol. The summed E-state index contributed by atoms with van der Waals surface area (Å²) in [6.45, 7) is 3.59. The van der Waals surface area contributed by atoms with Crippen LogP contribution >= 0.6 is 0 Å². The zero-order valence-electron chi connectivity index (χ0n) is 9.96. The van der Waals surface area contributed by atoms with Gasteiger partial charge < -0.3 is 5.11 Å². The van der Waals surface area contributed by atoms with Crippen LogP contribution in [0.15, 0.2) is 30.6 Å². The second kappa shape index (κ2) is 5.01. The number of pyridine rings is 1. The van der Waals surface area contributed by atoms with Gasteiger partial charge in [-0.2, -0.15) is 0 Å². The first-order valence-electron chi connectivity index (χ1n) is 5.57. The molecular weight excluding hydrogens is 214 g/mol. The van der Waals surface area contributed by atoms with Crippen LogP contribution in [0, 0.1) is 6.92 Å². The lowest BCUT2D eigenvalue weighted by Crippen LogP contribution is -2.04. The van der Waals surface area contributed by atoms with Crippen molar-refractivity contribution in [1.29, 1.82) is 0 Å². The lowest BCUT2D eigenvalue weighted by molar-refractivity contribution is 0.197. The van der Waals surface area contributed by atoms with E-state index in [0.717, 1.165) is 22.8 Å². The van der Waals surface area contributed by atoms with Gasteiger partial charge in [-0.1, -0.05) is 6.07 Å². The number of nitrogens with zero attached hydrogens (tertiary/aromatic N) is 3. The molecule has 2 heterocycles. The number of aliphatic hydroxyl groups is 1. The minimum absolute atomic E-state index is 0.529. The number of rotatable bonds is 3. The molecule has 4 heteroatoms. The fourth-order valence-electron chi connectivity index (χ4n) is 1.68. The zero-order valence-corrected chi connectivity index (χ0v) is 9.96. The lowest BCUT2D eigenvalue weighted by atomic mass is 10.1. The Balaban J connectivity index is 2.21. The van der Waals surface area contributed by atoms with Gasteiger partial charge in [0.05, 0.1) is 12.5 Å². The molecule has 0 unspecified atom stereocenters. The van der Waals surface area contributed by atoms with Gasteiger partial charge in [0.25, 0.3) is 0 Å². The number of aromatic nitrogens is 3. The summed E-state index contributed by atoms with van der Waals surface area (Å²) < 4.78 is 0. The van der Waals surface area contributed by atoms with Crippen molar-refractivity contribution in [3.63, 3.8) is 0 Å². The minimum atomic E-state index is -0.529. The quantitative estimate of drug-likeness (QED) is 0.872. The van der Waals surface area contributed by atoms with E-state index in [1.807, 2.05) is 25.1 Å². The van der Waals surface area contributed by atoms with E-state index in [-0.39, 0.29) is 0 Å². The Hall–Kier alpha value is -1.81. The molecule has 0 bridgehead atoms. The Morgan fingerprint density at radius 3 is 2.71 bits per heavy atom. The molecule has 0 radical (unpaired) electrons. The van der Waals surface area contributed by atoms with Crippen molar-refractivity contribution in [3.05, 3.63) is 53.4 Å². The van der Waals surface area contributed by atoms with Crippen LogP contribution in [0.4, 0.5) is 0 Å². The van der Waals surface area contributed by atoms with E-state index in [1.54, 1.807) is 19.3 Å². The Bertz CT molecular complexity index is 497. The molecule has 0 spiro atoms. The first-order valence-corrected chi connectivity index (χ1v) is 5.57. The molecule has 0 aliphatic heterocycles. The Morgan fingerprint density at radius 1 is 1.29 bits per heavy atom. The minimum Gasteiger partial charge on any atom is -0.389 e. The molecule has 0 fully saturated rings. The molecule has 0 aliphatic carbocycles. The average molecular weight is 229 g/mol. The van der Waals surface area contributed by atoms with E-state index >= 15 is 0 Å². The summed E-state index contributed by atoms with van der Waals surface area (Å²) in [6.07, 6.45) is 3.53. The first-order chi connectivity index (χ1) is 8.16. The van der Waals surface area contributed by atoms with E-state index in [4.69, 9.17) is 0 Å². The summed E-state index contributed by atoms with van der Waals surface area (Å²) in [5, 5.41) is 9.49. The van der Waals surface area contributed by atoms with Gasteiger partial charge in [-0.05, 0) is 26.0 Å². The second-order valence-corrected chi connectivity index (χ2v) is 4.00. The van der Waals surface area contributed by atoms with Gasteiger partial charge in [0.1, 0.15) is 5.82 Å². The van der Waals surface area contributed by atoms with Gasteiger partial charge in [0, 0.05) is 29.3 Å². The third-order valence-electron chi connectivity index (χ3n) is 2.58. The molecule has 0 amide bonds. The standard InChI is InChI=1S/C13H15N3O/c1-9-12(10(2)17)8-15-13(16-9)7-11-5-3-4-6-14-11/h3-6,8,10,17H,7H2,1-2H3/t10-/m0/s1. The molecule has 1 N–H and O–H groups in total.